The van der Waals surface area contributed by atoms with Crippen molar-refractivity contribution >= 4 is 11.9 Å². The van der Waals surface area contributed by atoms with Gasteiger partial charge in [0.1, 0.15) is 5.82 Å². The third-order valence-electron chi connectivity index (χ3n) is 5.37. The van der Waals surface area contributed by atoms with Crippen LogP contribution in [0.25, 0.3) is 0 Å². The number of fused-ring (bicyclic) bond motifs is 1. The van der Waals surface area contributed by atoms with Gasteiger partial charge in [-0.25, -0.2) is 4.98 Å². The highest BCUT2D eigenvalue weighted by Crippen LogP contribution is 2.34. The van der Waals surface area contributed by atoms with Crippen LogP contribution in [0, 0.1) is 11.8 Å². The monoisotopic (exact) mass is 380 g/mol. The standard InChI is InChI=1S/C17H28N4O2.C2H4O2/c1-3-16-19-5-7-21(16)6-4-17(22)20-14-8-12-10-18-11-13(12)9-15(14)23-2;1-2(3)4/h5,7,12-15,18H,3-4,6,8-11H2,1-2H3,(H,20,22);1H3,(H,3,4)/t12-,13+,14-,15-;/m0./s1. The van der Waals surface area contributed by atoms with Gasteiger partial charge >= 0.3 is 0 Å². The average Bonchev–Trinajstić information content (AvgIpc) is 3.26. The van der Waals surface area contributed by atoms with Gasteiger partial charge in [-0.05, 0) is 37.8 Å². The number of carboxylic acids is 1. The van der Waals surface area contributed by atoms with Gasteiger partial charge in [0.05, 0.1) is 12.1 Å². The number of nitrogens with one attached hydrogen (secondary N) is 2. The Labute approximate surface area is 160 Å². The maximum atomic E-state index is 12.3. The molecule has 8 heteroatoms. The lowest BCUT2D eigenvalue weighted by atomic mass is 9.77. The highest BCUT2D eigenvalue weighted by molar-refractivity contribution is 5.76. The number of nitrogens with zero attached hydrogens (tertiary/aromatic N) is 2. The van der Waals surface area contributed by atoms with Crippen LogP contribution in [0.1, 0.15) is 38.9 Å². The first-order chi connectivity index (χ1) is 12.9. The molecule has 1 aromatic heterocycles. The summed E-state index contributed by atoms with van der Waals surface area (Å²) in [6.07, 6.45) is 7.32. The molecule has 1 saturated carbocycles. The summed E-state index contributed by atoms with van der Waals surface area (Å²) in [5.41, 5.74) is 0. The molecule has 4 atom stereocenters. The second-order valence-corrected chi connectivity index (χ2v) is 7.26. The van der Waals surface area contributed by atoms with Crippen molar-refractivity contribution in [2.45, 2.75) is 58.2 Å². The van der Waals surface area contributed by atoms with E-state index in [4.69, 9.17) is 14.6 Å². The fraction of sp³-hybridized carbons (Fsp3) is 0.737. The minimum atomic E-state index is -0.833. The fourth-order valence-corrected chi connectivity index (χ4v) is 4.05. The number of imidazole rings is 1. The molecule has 1 aliphatic carbocycles. The number of hydrogen-bond acceptors (Lipinski definition) is 5. The molecule has 152 valence electrons. The molecule has 0 bridgehead atoms. The van der Waals surface area contributed by atoms with Gasteiger partial charge in [0.2, 0.25) is 5.91 Å². The number of hydrogen-bond donors (Lipinski definition) is 3. The predicted molar refractivity (Wildman–Crippen MR) is 101 cm³/mol. The molecule has 1 amide bonds. The van der Waals surface area contributed by atoms with E-state index in [9.17, 15) is 4.79 Å². The molecule has 8 nitrogen and oxygen atoms in total. The number of methoxy groups -OCH3 is 1. The minimum Gasteiger partial charge on any atom is -0.481 e. The Bertz CT molecular complexity index is 615. The van der Waals surface area contributed by atoms with E-state index >= 15 is 0 Å². The number of rotatable bonds is 6. The van der Waals surface area contributed by atoms with Crippen LogP contribution in [0.3, 0.4) is 0 Å². The number of carbonyl (C=O) groups is 2. The molecular weight excluding hydrogens is 348 g/mol. The van der Waals surface area contributed by atoms with Crippen LogP contribution in [0.2, 0.25) is 0 Å². The molecule has 27 heavy (non-hydrogen) atoms. The second kappa shape index (κ2) is 10.4. The average molecular weight is 380 g/mol. The fourth-order valence-electron chi connectivity index (χ4n) is 4.05. The molecule has 3 N–H and O–H groups in total. The number of aryl methyl sites for hydroxylation is 2. The molecule has 3 rings (SSSR count). The molecule has 2 fully saturated rings. The summed E-state index contributed by atoms with van der Waals surface area (Å²) >= 11 is 0. The van der Waals surface area contributed by atoms with Crippen molar-refractivity contribution < 1.29 is 19.4 Å². The molecule has 0 unspecified atom stereocenters. The Morgan fingerprint density at radius 2 is 2.04 bits per heavy atom. The topological polar surface area (TPSA) is 105 Å². The molecule has 1 saturated heterocycles. The predicted octanol–water partition coefficient (Wildman–Crippen LogP) is 1.06. The molecule has 2 heterocycles. The first-order valence-corrected chi connectivity index (χ1v) is 9.67. The summed E-state index contributed by atoms with van der Waals surface area (Å²) < 4.78 is 7.70. The summed E-state index contributed by atoms with van der Waals surface area (Å²) in [6.45, 7) is 6.01. The molecule has 2 aliphatic rings. The zero-order chi connectivity index (χ0) is 19.8. The zero-order valence-electron chi connectivity index (χ0n) is 16.5. The lowest BCUT2D eigenvalue weighted by Crippen LogP contribution is -2.50. The Balaban J connectivity index is 0.000000596. The van der Waals surface area contributed by atoms with Gasteiger partial charge in [-0.2, -0.15) is 0 Å². The maximum Gasteiger partial charge on any atom is 0.300 e. The van der Waals surface area contributed by atoms with E-state index in [0.717, 1.165) is 45.1 Å². The first kappa shape index (κ1) is 21.4. The van der Waals surface area contributed by atoms with E-state index in [0.29, 0.717) is 24.8 Å². The lowest BCUT2D eigenvalue weighted by molar-refractivity contribution is -0.134. The van der Waals surface area contributed by atoms with E-state index in [-0.39, 0.29) is 18.1 Å². The minimum absolute atomic E-state index is 0.109. The van der Waals surface area contributed by atoms with Crippen LogP contribution in [0.15, 0.2) is 12.4 Å². The smallest absolute Gasteiger partial charge is 0.300 e. The van der Waals surface area contributed by atoms with Crippen molar-refractivity contribution in [3.05, 3.63) is 18.2 Å². The van der Waals surface area contributed by atoms with Crippen LogP contribution in [-0.2, 0) is 27.3 Å². The van der Waals surface area contributed by atoms with E-state index < -0.39 is 5.97 Å². The largest absolute Gasteiger partial charge is 0.481 e. The van der Waals surface area contributed by atoms with Gasteiger partial charge in [0.25, 0.3) is 5.97 Å². The van der Waals surface area contributed by atoms with Crippen molar-refractivity contribution in [2.24, 2.45) is 11.8 Å². The lowest BCUT2D eigenvalue weighted by Gasteiger charge is -2.37. The summed E-state index contributed by atoms with van der Waals surface area (Å²) in [4.78, 5) is 25.6. The molecule has 0 radical (unpaired) electrons. The van der Waals surface area contributed by atoms with Crippen molar-refractivity contribution in [1.29, 1.82) is 0 Å². The van der Waals surface area contributed by atoms with Crippen LogP contribution in [-0.4, -0.2) is 58.9 Å². The van der Waals surface area contributed by atoms with E-state index in [1.54, 1.807) is 13.3 Å². The van der Waals surface area contributed by atoms with Crippen LogP contribution in [0.5, 0.6) is 0 Å². The summed E-state index contributed by atoms with van der Waals surface area (Å²) in [5, 5.41) is 14.1. The number of aliphatic carboxylic acids is 1. The van der Waals surface area contributed by atoms with Crippen molar-refractivity contribution in [3.8, 4) is 0 Å². The van der Waals surface area contributed by atoms with E-state index in [1.165, 1.54) is 0 Å². The van der Waals surface area contributed by atoms with Crippen molar-refractivity contribution in [1.82, 2.24) is 20.2 Å². The van der Waals surface area contributed by atoms with Gasteiger partial charge in [-0.3, -0.25) is 9.59 Å². The highest BCUT2D eigenvalue weighted by Gasteiger charge is 2.40. The Morgan fingerprint density at radius 1 is 1.37 bits per heavy atom. The van der Waals surface area contributed by atoms with Crippen LogP contribution < -0.4 is 10.6 Å². The van der Waals surface area contributed by atoms with Crippen molar-refractivity contribution in [2.75, 3.05) is 20.2 Å². The third-order valence-corrected chi connectivity index (χ3v) is 5.37. The Hall–Kier alpha value is -1.93. The first-order valence-electron chi connectivity index (χ1n) is 9.67. The summed E-state index contributed by atoms with van der Waals surface area (Å²) in [5.74, 6) is 1.68. The van der Waals surface area contributed by atoms with E-state index in [2.05, 4.69) is 27.1 Å². The molecule has 0 aromatic carbocycles. The second-order valence-electron chi connectivity index (χ2n) is 7.26. The summed E-state index contributed by atoms with van der Waals surface area (Å²) in [6, 6.07) is 0.141. The molecular formula is C19H32N4O4. The molecule has 0 spiro atoms. The van der Waals surface area contributed by atoms with Gasteiger partial charge in [0.15, 0.2) is 0 Å². The number of ether oxygens (including phenoxy) is 1. The SMILES string of the molecule is CC(=O)O.CCc1nccn1CCC(=O)N[C@H]1C[C@H]2CNC[C@H]2C[C@@H]1OC. The Kier molecular flexibility index (Phi) is 8.24. The van der Waals surface area contributed by atoms with Gasteiger partial charge in [-0.1, -0.05) is 6.92 Å². The van der Waals surface area contributed by atoms with Gasteiger partial charge in [-0.15, -0.1) is 0 Å². The number of carbonyl (C=O) groups excluding carboxylic acids is 1. The van der Waals surface area contributed by atoms with Crippen LogP contribution in [0.4, 0.5) is 0 Å². The quantitative estimate of drug-likeness (QED) is 0.681. The van der Waals surface area contributed by atoms with Crippen LogP contribution >= 0.6 is 0 Å². The summed E-state index contributed by atoms with van der Waals surface area (Å²) in [7, 11) is 1.76. The highest BCUT2D eigenvalue weighted by atomic mass is 16.5. The van der Waals surface area contributed by atoms with Gasteiger partial charge in [0, 0.05) is 45.8 Å². The third kappa shape index (κ3) is 6.32. The number of carboxylic acid groups (broad SMARTS) is 1. The maximum absolute atomic E-state index is 12.3. The number of aromatic nitrogens is 2. The Morgan fingerprint density at radius 3 is 2.67 bits per heavy atom. The number of amides is 1. The normalized spacial score (nSPS) is 26.6. The zero-order valence-corrected chi connectivity index (χ0v) is 16.5. The molecule has 1 aromatic rings. The van der Waals surface area contributed by atoms with Gasteiger partial charge < -0.3 is 25.0 Å². The van der Waals surface area contributed by atoms with E-state index in [1.807, 2.05) is 6.20 Å². The van der Waals surface area contributed by atoms with Crippen molar-refractivity contribution in [3.63, 3.8) is 0 Å². The molecule has 1 aliphatic heterocycles.